The molecule has 1 saturated heterocycles. The van der Waals surface area contributed by atoms with Crippen LogP contribution in [0, 0.1) is 25.6 Å². The summed E-state index contributed by atoms with van der Waals surface area (Å²) in [5, 5.41) is 2.84. The lowest BCUT2D eigenvalue weighted by Gasteiger charge is -2.31. The Morgan fingerprint density at radius 1 is 1.26 bits per heavy atom. The summed E-state index contributed by atoms with van der Waals surface area (Å²) in [6, 6.07) is 0.261. The third kappa shape index (κ3) is 3.75. The summed E-state index contributed by atoms with van der Waals surface area (Å²) in [5.74, 6) is -1.08. The van der Waals surface area contributed by atoms with Gasteiger partial charge in [-0.15, -0.1) is 0 Å². The molecule has 1 unspecified atom stereocenters. The van der Waals surface area contributed by atoms with E-state index in [1.165, 1.54) is 12.5 Å². The average Bonchev–Trinajstić information content (AvgIpc) is 3.07. The molecule has 146 valence electrons. The van der Waals surface area contributed by atoms with E-state index in [0.29, 0.717) is 28.9 Å². The minimum Gasteiger partial charge on any atom is -0.339 e. The molecule has 1 N–H and O–H groups in total. The minimum absolute atomic E-state index is 0.0465. The Hall–Kier alpha value is -1.88. The molecule has 2 amide bonds. The highest BCUT2D eigenvalue weighted by atomic mass is 35.5. The van der Waals surface area contributed by atoms with Gasteiger partial charge in [-0.3, -0.25) is 9.59 Å². The van der Waals surface area contributed by atoms with Crippen LogP contribution in [-0.4, -0.2) is 29.3 Å². The number of hydrogen-bond donors (Lipinski definition) is 1. The van der Waals surface area contributed by atoms with Gasteiger partial charge in [-0.05, 0) is 37.8 Å². The number of rotatable bonds is 4. The second-order valence-electron chi connectivity index (χ2n) is 7.60. The van der Waals surface area contributed by atoms with E-state index >= 15 is 0 Å². The Bertz CT molecular complexity index is 787. The first-order valence-electron chi connectivity index (χ1n) is 9.56. The van der Waals surface area contributed by atoms with Crippen LogP contribution in [0.1, 0.15) is 55.2 Å². The molecule has 6 heteroatoms. The molecule has 1 atom stereocenters. The second-order valence-corrected chi connectivity index (χ2v) is 7.98. The normalized spacial score (nSPS) is 20.8. The third-order valence-electron chi connectivity index (χ3n) is 5.96. The number of nitrogens with zero attached hydrogens (tertiary/aromatic N) is 1. The fourth-order valence-corrected chi connectivity index (χ4v) is 4.49. The van der Waals surface area contributed by atoms with E-state index in [1.807, 2.05) is 4.90 Å². The van der Waals surface area contributed by atoms with Gasteiger partial charge in [0, 0.05) is 24.6 Å². The fraction of sp³-hybridized carbons (Fsp3) is 0.524. The molecule has 0 spiro atoms. The number of nitrogens with one attached hydrogen (secondary N) is 1. The van der Waals surface area contributed by atoms with Gasteiger partial charge in [0.1, 0.15) is 5.82 Å². The molecule has 0 radical (unpaired) electrons. The van der Waals surface area contributed by atoms with Crippen LogP contribution in [0.3, 0.4) is 0 Å². The van der Waals surface area contributed by atoms with Crippen molar-refractivity contribution in [1.82, 2.24) is 4.90 Å². The van der Waals surface area contributed by atoms with Crippen molar-refractivity contribution in [1.29, 1.82) is 0 Å². The van der Waals surface area contributed by atoms with Crippen molar-refractivity contribution < 1.29 is 14.0 Å². The number of carbonyl (C=O) groups is 2. The van der Waals surface area contributed by atoms with Crippen molar-refractivity contribution in [3.05, 3.63) is 34.1 Å². The van der Waals surface area contributed by atoms with Gasteiger partial charge < -0.3 is 10.2 Å². The van der Waals surface area contributed by atoms with E-state index in [4.69, 9.17) is 11.6 Å². The first-order valence-corrected chi connectivity index (χ1v) is 9.93. The van der Waals surface area contributed by atoms with Crippen LogP contribution < -0.4 is 5.32 Å². The summed E-state index contributed by atoms with van der Waals surface area (Å²) < 4.78 is 14.2. The lowest BCUT2D eigenvalue weighted by atomic mass is 9.94. The van der Waals surface area contributed by atoms with Gasteiger partial charge in [-0.1, -0.05) is 43.5 Å². The zero-order valence-electron chi connectivity index (χ0n) is 15.9. The smallest absolute Gasteiger partial charge is 0.229 e. The van der Waals surface area contributed by atoms with E-state index < -0.39 is 11.7 Å². The Labute approximate surface area is 164 Å². The van der Waals surface area contributed by atoms with E-state index in [9.17, 15) is 14.0 Å². The molecule has 1 aromatic carbocycles. The van der Waals surface area contributed by atoms with Crippen LogP contribution in [0.2, 0.25) is 5.02 Å². The van der Waals surface area contributed by atoms with Crippen molar-refractivity contribution in [2.45, 2.75) is 58.4 Å². The Morgan fingerprint density at radius 2 is 1.93 bits per heavy atom. The molecule has 0 bridgehead atoms. The molecule has 1 aliphatic heterocycles. The second kappa shape index (κ2) is 8.01. The van der Waals surface area contributed by atoms with Gasteiger partial charge in [0.2, 0.25) is 11.8 Å². The van der Waals surface area contributed by atoms with Crippen molar-refractivity contribution in [3.8, 4) is 0 Å². The van der Waals surface area contributed by atoms with Crippen LogP contribution in [0.15, 0.2) is 6.58 Å². The SMILES string of the molecule is C=Cc1c(Cl)c(F)c(C)c(C)c1NC(=O)C1CC(=O)N(C2CCCCC2)C1. The summed E-state index contributed by atoms with van der Waals surface area (Å²) >= 11 is 6.11. The standard InChI is InChI=1S/C21H26ClFN2O2/c1-4-16-18(22)19(23)12(2)13(3)20(16)24-21(27)14-10-17(26)25(11-14)15-8-6-5-7-9-15/h4,14-15H,1,5-11H2,2-3H3,(H,24,27). The van der Waals surface area contributed by atoms with Crippen molar-refractivity contribution in [2.75, 3.05) is 11.9 Å². The number of anilines is 1. The molecule has 4 nitrogen and oxygen atoms in total. The van der Waals surface area contributed by atoms with Gasteiger partial charge in [0.05, 0.1) is 16.6 Å². The Balaban J connectivity index is 1.78. The minimum atomic E-state index is -0.499. The molecule has 2 aliphatic rings. The topological polar surface area (TPSA) is 49.4 Å². The van der Waals surface area contributed by atoms with Crippen molar-refractivity contribution in [2.24, 2.45) is 5.92 Å². The maximum absolute atomic E-state index is 14.2. The fourth-order valence-electron chi connectivity index (χ4n) is 4.18. The van der Waals surface area contributed by atoms with Gasteiger partial charge >= 0.3 is 0 Å². The Morgan fingerprint density at radius 3 is 2.56 bits per heavy atom. The number of benzene rings is 1. The maximum atomic E-state index is 14.2. The number of halogens is 2. The predicted octanol–water partition coefficient (Wildman–Crippen LogP) is 4.86. The highest BCUT2D eigenvalue weighted by molar-refractivity contribution is 6.33. The molecule has 1 aromatic rings. The average molecular weight is 393 g/mol. The van der Waals surface area contributed by atoms with Gasteiger partial charge in [-0.2, -0.15) is 0 Å². The summed E-state index contributed by atoms with van der Waals surface area (Å²) in [4.78, 5) is 27.2. The molecule has 1 heterocycles. The van der Waals surface area contributed by atoms with Crippen molar-refractivity contribution >= 4 is 35.2 Å². The first kappa shape index (κ1) is 19.9. The maximum Gasteiger partial charge on any atom is 0.229 e. The van der Waals surface area contributed by atoms with Crippen LogP contribution >= 0.6 is 11.6 Å². The van der Waals surface area contributed by atoms with E-state index in [1.54, 1.807) is 13.8 Å². The van der Waals surface area contributed by atoms with Crippen LogP contribution in [0.25, 0.3) is 6.08 Å². The lowest BCUT2D eigenvalue weighted by molar-refractivity contribution is -0.130. The quantitative estimate of drug-likeness (QED) is 0.795. The molecule has 0 aromatic heterocycles. The third-order valence-corrected chi connectivity index (χ3v) is 6.33. The monoisotopic (exact) mass is 392 g/mol. The number of hydrogen-bond acceptors (Lipinski definition) is 2. The van der Waals surface area contributed by atoms with E-state index in [-0.39, 0.29) is 29.3 Å². The largest absolute Gasteiger partial charge is 0.339 e. The van der Waals surface area contributed by atoms with Gasteiger partial charge in [0.25, 0.3) is 0 Å². The molecule has 1 aliphatic carbocycles. The zero-order chi connectivity index (χ0) is 19.7. The number of carbonyl (C=O) groups excluding carboxylic acids is 2. The van der Waals surface area contributed by atoms with Crippen LogP contribution in [0.5, 0.6) is 0 Å². The van der Waals surface area contributed by atoms with Crippen LogP contribution in [-0.2, 0) is 9.59 Å². The van der Waals surface area contributed by atoms with E-state index in [0.717, 1.165) is 25.7 Å². The first-order chi connectivity index (χ1) is 12.8. The van der Waals surface area contributed by atoms with Crippen molar-refractivity contribution in [3.63, 3.8) is 0 Å². The number of amides is 2. The molecular formula is C21H26ClFN2O2. The highest BCUT2D eigenvalue weighted by Gasteiger charge is 2.38. The molecule has 1 saturated carbocycles. The number of likely N-dealkylation sites (tertiary alicyclic amines) is 1. The lowest BCUT2D eigenvalue weighted by Crippen LogP contribution is -2.38. The zero-order valence-corrected chi connectivity index (χ0v) is 16.7. The molecule has 27 heavy (non-hydrogen) atoms. The van der Waals surface area contributed by atoms with E-state index in [2.05, 4.69) is 11.9 Å². The molecular weight excluding hydrogens is 367 g/mol. The summed E-state index contributed by atoms with van der Waals surface area (Å²) in [5.41, 5.74) is 1.86. The predicted molar refractivity (Wildman–Crippen MR) is 106 cm³/mol. The van der Waals surface area contributed by atoms with Crippen LogP contribution in [0.4, 0.5) is 10.1 Å². The van der Waals surface area contributed by atoms with Gasteiger partial charge in [-0.25, -0.2) is 4.39 Å². The molecule has 2 fully saturated rings. The summed E-state index contributed by atoms with van der Waals surface area (Å²) in [7, 11) is 0. The highest BCUT2D eigenvalue weighted by Crippen LogP contribution is 2.36. The Kier molecular flexibility index (Phi) is 5.89. The summed E-state index contributed by atoms with van der Waals surface area (Å²) in [6.45, 7) is 7.51. The van der Waals surface area contributed by atoms with Gasteiger partial charge in [0.15, 0.2) is 0 Å². The summed E-state index contributed by atoms with van der Waals surface area (Å²) in [6.07, 6.45) is 7.21. The molecule has 3 rings (SSSR count).